The van der Waals surface area contributed by atoms with Gasteiger partial charge in [0, 0.05) is 56.9 Å². The van der Waals surface area contributed by atoms with E-state index in [-0.39, 0.29) is 12.5 Å². The molecule has 4 rings (SSSR count). The second-order valence-electron chi connectivity index (χ2n) is 8.70. The number of hydrogen-bond acceptors (Lipinski definition) is 10. The number of esters is 2. The number of rotatable bonds is 7. The van der Waals surface area contributed by atoms with Crippen LogP contribution in [0.25, 0.3) is 0 Å². The molecule has 170 valence electrons. The maximum absolute atomic E-state index is 13.0. The molecule has 2 heterocycles. The molecule has 0 aromatic rings. The average molecular weight is 464 g/mol. The van der Waals surface area contributed by atoms with E-state index in [2.05, 4.69) is 0 Å². The van der Waals surface area contributed by atoms with Crippen molar-refractivity contribution in [3.05, 3.63) is 0 Å². The number of fused-ring (bicyclic) bond motifs is 1. The zero-order valence-electron chi connectivity index (χ0n) is 17.4. The molecule has 0 N–H and O–H groups in total. The summed E-state index contributed by atoms with van der Waals surface area (Å²) in [6.07, 6.45) is -1.01. The zero-order valence-corrected chi connectivity index (χ0v) is 19.1. The number of hydrogen-bond donors (Lipinski definition) is 0. The van der Waals surface area contributed by atoms with Gasteiger partial charge in [-0.15, -0.1) is 0 Å². The van der Waals surface area contributed by atoms with Crippen molar-refractivity contribution in [3.63, 3.8) is 0 Å². The van der Waals surface area contributed by atoms with Crippen LogP contribution in [0, 0.1) is 17.8 Å². The minimum Gasteiger partial charge on any atom is -0.458 e. The van der Waals surface area contributed by atoms with Gasteiger partial charge >= 0.3 is 11.9 Å². The van der Waals surface area contributed by atoms with Crippen LogP contribution < -0.4 is 0 Å². The van der Waals surface area contributed by atoms with E-state index < -0.39 is 57.1 Å². The normalized spacial score (nSPS) is 37.3. The van der Waals surface area contributed by atoms with Gasteiger partial charge in [-0.25, -0.2) is 0 Å². The molecule has 0 amide bonds. The van der Waals surface area contributed by atoms with Crippen LogP contribution in [-0.2, 0) is 38.1 Å². The van der Waals surface area contributed by atoms with Crippen molar-refractivity contribution in [1.82, 2.24) is 4.90 Å². The molecule has 2 bridgehead atoms. The molecule has 0 spiro atoms. The highest BCUT2D eigenvalue weighted by Gasteiger charge is 2.72. The Labute approximate surface area is 181 Å². The third-order valence-corrected chi connectivity index (χ3v) is 9.10. The van der Waals surface area contributed by atoms with E-state index in [1.54, 1.807) is 20.8 Å². The molecule has 0 aromatic heterocycles. The van der Waals surface area contributed by atoms with Crippen LogP contribution in [0.4, 0.5) is 0 Å². The summed E-state index contributed by atoms with van der Waals surface area (Å²) in [7, 11) is -3.94. The highest BCUT2D eigenvalue weighted by Crippen LogP contribution is 2.58. The van der Waals surface area contributed by atoms with E-state index in [0.29, 0.717) is 13.0 Å². The summed E-state index contributed by atoms with van der Waals surface area (Å²) in [6.45, 7) is 7.13. The predicted octanol–water partition coefficient (Wildman–Crippen LogP) is 0.626. The lowest BCUT2D eigenvalue weighted by Gasteiger charge is -2.33. The fourth-order valence-electron chi connectivity index (χ4n) is 5.27. The molecule has 2 saturated carbocycles. The van der Waals surface area contributed by atoms with Crippen LogP contribution in [0.1, 0.15) is 27.2 Å². The molecular weight excluding hydrogens is 434 g/mol. The molecule has 2 saturated heterocycles. The van der Waals surface area contributed by atoms with Gasteiger partial charge in [-0.05, 0) is 13.3 Å². The first-order chi connectivity index (χ1) is 14.1. The van der Waals surface area contributed by atoms with Crippen molar-refractivity contribution < 1.29 is 36.4 Å². The first-order valence-corrected chi connectivity index (χ1v) is 13.0. The van der Waals surface area contributed by atoms with Gasteiger partial charge in [0.15, 0.2) is 0 Å². The first-order valence-electron chi connectivity index (χ1n) is 10.4. The van der Waals surface area contributed by atoms with E-state index in [9.17, 15) is 18.0 Å². The predicted molar refractivity (Wildman–Crippen MR) is 108 cm³/mol. The molecule has 6 unspecified atom stereocenters. The molecule has 11 heteroatoms. The number of nitrogens with zero attached hydrogens (tertiary/aromatic N) is 1. The zero-order chi connectivity index (χ0) is 21.7. The molecule has 0 radical (unpaired) electrons. The van der Waals surface area contributed by atoms with Gasteiger partial charge in [-0.1, -0.05) is 0 Å². The van der Waals surface area contributed by atoms with Crippen LogP contribution in [-0.4, -0.2) is 86.2 Å². The highest BCUT2D eigenvalue weighted by atomic mass is 32.2. The van der Waals surface area contributed by atoms with Crippen molar-refractivity contribution >= 4 is 33.8 Å². The summed E-state index contributed by atoms with van der Waals surface area (Å²) in [4.78, 5) is 27.6. The quantitative estimate of drug-likeness (QED) is 0.303. The Morgan fingerprint density at radius 2 is 1.90 bits per heavy atom. The number of ether oxygens (including phenoxy) is 3. The van der Waals surface area contributed by atoms with Crippen molar-refractivity contribution in [2.45, 2.75) is 50.4 Å². The largest absolute Gasteiger partial charge is 0.458 e. The Bertz CT molecular complexity index is 794. The lowest BCUT2D eigenvalue weighted by Crippen LogP contribution is -2.48. The van der Waals surface area contributed by atoms with E-state index in [4.69, 9.17) is 18.4 Å². The molecule has 4 fully saturated rings. The molecular formula is C19H29NO8S2. The fourth-order valence-corrected chi connectivity index (χ4v) is 8.31. The summed E-state index contributed by atoms with van der Waals surface area (Å²) >= 11 is 1.85. The van der Waals surface area contributed by atoms with Crippen LogP contribution >= 0.6 is 11.8 Å². The van der Waals surface area contributed by atoms with E-state index in [1.165, 1.54) is 0 Å². The third-order valence-electron chi connectivity index (χ3n) is 6.36. The maximum Gasteiger partial charge on any atom is 0.320 e. The van der Waals surface area contributed by atoms with Crippen LogP contribution in [0.5, 0.6) is 0 Å². The second kappa shape index (κ2) is 8.23. The van der Waals surface area contributed by atoms with Crippen molar-refractivity contribution in [2.24, 2.45) is 17.8 Å². The minimum absolute atomic E-state index is 0.157. The van der Waals surface area contributed by atoms with Gasteiger partial charge in [-0.3, -0.25) is 18.7 Å². The Hall–Kier alpha value is -0.880. The highest BCUT2D eigenvalue weighted by molar-refractivity contribution is 7.99. The maximum atomic E-state index is 13.0. The Kier molecular flexibility index (Phi) is 6.13. The van der Waals surface area contributed by atoms with Gasteiger partial charge < -0.3 is 14.2 Å². The fraction of sp³-hybridized carbons (Fsp3) is 0.895. The number of thioether (sulfide) groups is 1. The van der Waals surface area contributed by atoms with Crippen molar-refractivity contribution in [1.29, 1.82) is 0 Å². The summed E-state index contributed by atoms with van der Waals surface area (Å²) in [5.74, 6) is -2.02. The summed E-state index contributed by atoms with van der Waals surface area (Å²) in [6, 6.07) is 0. The molecule has 2 aliphatic carbocycles. The first kappa shape index (κ1) is 22.3. The SMILES string of the molecule is CCOC(C)(C)OC(=O)C1C2CC3C(OS(=O)(=O)C31)C2OC(=O)CN1CCSCC1. The molecule has 2 aliphatic heterocycles. The van der Waals surface area contributed by atoms with Gasteiger partial charge in [-0.2, -0.15) is 20.2 Å². The summed E-state index contributed by atoms with van der Waals surface area (Å²) < 4.78 is 47.2. The monoisotopic (exact) mass is 463 g/mol. The lowest BCUT2D eigenvalue weighted by molar-refractivity contribution is -0.220. The van der Waals surface area contributed by atoms with Crippen molar-refractivity contribution in [2.75, 3.05) is 37.7 Å². The average Bonchev–Trinajstić information content (AvgIpc) is 3.24. The van der Waals surface area contributed by atoms with Gasteiger partial charge in [0.05, 0.1) is 12.5 Å². The van der Waals surface area contributed by atoms with Gasteiger partial charge in [0.1, 0.15) is 17.5 Å². The second-order valence-corrected chi connectivity index (χ2v) is 11.7. The molecule has 9 nitrogen and oxygen atoms in total. The van der Waals surface area contributed by atoms with Crippen molar-refractivity contribution in [3.8, 4) is 0 Å². The van der Waals surface area contributed by atoms with Crippen LogP contribution in [0.2, 0.25) is 0 Å². The number of carbonyl (C=O) groups excluding carboxylic acids is 2. The number of carbonyl (C=O) groups is 2. The lowest BCUT2D eigenvalue weighted by atomic mass is 9.84. The van der Waals surface area contributed by atoms with Gasteiger partial charge in [0.25, 0.3) is 10.1 Å². The van der Waals surface area contributed by atoms with Gasteiger partial charge in [0.2, 0.25) is 5.79 Å². The Balaban J connectivity index is 1.49. The smallest absolute Gasteiger partial charge is 0.320 e. The molecule has 4 aliphatic rings. The van der Waals surface area contributed by atoms with E-state index in [1.807, 2.05) is 16.7 Å². The molecule has 30 heavy (non-hydrogen) atoms. The van der Waals surface area contributed by atoms with Crippen LogP contribution in [0.3, 0.4) is 0 Å². The van der Waals surface area contributed by atoms with E-state index >= 15 is 0 Å². The molecule has 0 aromatic carbocycles. The summed E-state index contributed by atoms with van der Waals surface area (Å²) in [5, 5.41) is -0.952. The summed E-state index contributed by atoms with van der Waals surface area (Å²) in [5.41, 5.74) is 0. The topological polar surface area (TPSA) is 108 Å². The standard InChI is InChI=1S/C19H29NO8S2/c1-4-25-19(2,3)27-18(22)14-11-9-12-16(28-30(23,24)17(12)14)15(11)26-13(21)10-20-5-7-29-8-6-20/h11-12,14-17H,4-10H2,1-3H3. The van der Waals surface area contributed by atoms with Crippen LogP contribution in [0.15, 0.2) is 0 Å². The Morgan fingerprint density at radius 1 is 1.20 bits per heavy atom. The Morgan fingerprint density at radius 3 is 2.57 bits per heavy atom. The minimum atomic E-state index is -3.94. The molecule has 6 atom stereocenters. The van der Waals surface area contributed by atoms with E-state index in [0.717, 1.165) is 24.6 Å². The third kappa shape index (κ3) is 4.11.